The second-order valence-corrected chi connectivity index (χ2v) is 4.85. The molecule has 0 aliphatic heterocycles. The minimum atomic E-state index is -0.591. The van der Waals surface area contributed by atoms with E-state index in [0.717, 1.165) is 16.5 Å². The Morgan fingerprint density at radius 1 is 1.10 bits per heavy atom. The maximum Gasteiger partial charge on any atom is 0.127 e. The van der Waals surface area contributed by atoms with Crippen molar-refractivity contribution in [3.63, 3.8) is 0 Å². The maximum atomic E-state index is 9.97. The quantitative estimate of drug-likeness (QED) is 0.732. The number of hydrogen-bond donors (Lipinski definition) is 2. The van der Waals surface area contributed by atoms with E-state index in [1.54, 1.807) is 12.2 Å². The molecule has 0 amide bonds. The predicted octanol–water partition coefficient (Wildman–Crippen LogP) is 2.91. The third-order valence-electron chi connectivity index (χ3n) is 3.28. The molecule has 0 aromatic heterocycles. The summed E-state index contributed by atoms with van der Waals surface area (Å²) < 4.78 is 5.74. The Hall–Kier alpha value is -2.10. The fourth-order valence-electron chi connectivity index (χ4n) is 2.10. The molecule has 2 aromatic carbocycles. The highest BCUT2D eigenvalue weighted by Gasteiger charge is 2.08. The number of fused-ring (bicyclic) bond motifs is 1. The third kappa shape index (κ3) is 4.18. The first-order chi connectivity index (χ1) is 10.2. The molecular formula is C18H21NO2. The van der Waals surface area contributed by atoms with Gasteiger partial charge in [0.05, 0.1) is 0 Å². The Kier molecular flexibility index (Phi) is 5.55. The molecule has 0 bridgehead atoms. The summed E-state index contributed by atoms with van der Waals surface area (Å²) in [6.07, 6.45) is 2.89. The minimum Gasteiger partial charge on any atom is -0.490 e. The van der Waals surface area contributed by atoms with Gasteiger partial charge in [0.25, 0.3) is 0 Å². The molecule has 3 nitrogen and oxygen atoms in total. The van der Waals surface area contributed by atoms with Crippen molar-refractivity contribution in [2.75, 3.05) is 13.2 Å². The highest BCUT2D eigenvalue weighted by molar-refractivity contribution is 5.88. The summed E-state index contributed by atoms with van der Waals surface area (Å²) in [5.41, 5.74) is 0. The van der Waals surface area contributed by atoms with Gasteiger partial charge in [-0.3, -0.25) is 0 Å². The number of nitrogens with one attached hydrogen (secondary N) is 1. The molecule has 21 heavy (non-hydrogen) atoms. The average Bonchev–Trinajstić information content (AvgIpc) is 2.53. The van der Waals surface area contributed by atoms with E-state index in [9.17, 15) is 5.11 Å². The summed E-state index contributed by atoms with van der Waals surface area (Å²) in [5.74, 6) is 0.788. The molecule has 2 N–H and O–H groups in total. The van der Waals surface area contributed by atoms with E-state index in [-0.39, 0.29) is 12.6 Å². The minimum absolute atomic E-state index is 0.00259. The van der Waals surface area contributed by atoms with Crippen molar-refractivity contribution >= 4 is 10.8 Å². The SMILES string of the molecule is C=CC(C=C)NCC(O)COc1cccc2ccccc12. The first-order valence-corrected chi connectivity index (χ1v) is 7.01. The van der Waals surface area contributed by atoms with Crippen molar-refractivity contribution in [3.05, 3.63) is 67.8 Å². The smallest absolute Gasteiger partial charge is 0.127 e. The van der Waals surface area contributed by atoms with Gasteiger partial charge < -0.3 is 15.2 Å². The van der Waals surface area contributed by atoms with E-state index >= 15 is 0 Å². The van der Waals surface area contributed by atoms with E-state index in [1.807, 2.05) is 42.5 Å². The second kappa shape index (κ2) is 7.62. The van der Waals surface area contributed by atoms with E-state index in [0.29, 0.717) is 6.54 Å². The van der Waals surface area contributed by atoms with Crippen LogP contribution in [0.4, 0.5) is 0 Å². The zero-order valence-electron chi connectivity index (χ0n) is 12.0. The monoisotopic (exact) mass is 283 g/mol. The molecule has 2 aromatic rings. The molecule has 2 rings (SSSR count). The zero-order valence-corrected chi connectivity index (χ0v) is 12.0. The summed E-state index contributed by atoms with van der Waals surface area (Å²) in [6.45, 7) is 8.04. The van der Waals surface area contributed by atoms with E-state index in [2.05, 4.69) is 18.5 Å². The van der Waals surface area contributed by atoms with Crippen LogP contribution in [0.3, 0.4) is 0 Å². The van der Waals surface area contributed by atoms with Crippen molar-refractivity contribution in [1.82, 2.24) is 5.32 Å². The number of ether oxygens (including phenoxy) is 1. The summed E-state index contributed by atoms with van der Waals surface area (Å²) in [7, 11) is 0. The average molecular weight is 283 g/mol. The van der Waals surface area contributed by atoms with Gasteiger partial charge >= 0.3 is 0 Å². The lowest BCUT2D eigenvalue weighted by Gasteiger charge is -2.16. The van der Waals surface area contributed by atoms with E-state index < -0.39 is 6.10 Å². The van der Waals surface area contributed by atoms with Gasteiger partial charge in [-0.25, -0.2) is 0 Å². The number of aliphatic hydroxyl groups is 1. The Bertz CT molecular complexity index is 596. The molecule has 0 heterocycles. The highest BCUT2D eigenvalue weighted by Crippen LogP contribution is 2.25. The lowest BCUT2D eigenvalue weighted by molar-refractivity contribution is 0.107. The molecule has 0 spiro atoms. The van der Waals surface area contributed by atoms with E-state index in [1.165, 1.54) is 0 Å². The van der Waals surface area contributed by atoms with Crippen molar-refractivity contribution in [2.45, 2.75) is 12.1 Å². The Labute approximate surface area is 125 Å². The summed E-state index contributed by atoms with van der Waals surface area (Å²) >= 11 is 0. The molecule has 0 saturated heterocycles. The van der Waals surface area contributed by atoms with Crippen LogP contribution in [0.25, 0.3) is 10.8 Å². The van der Waals surface area contributed by atoms with Gasteiger partial charge in [-0.15, -0.1) is 13.2 Å². The number of hydrogen-bond acceptors (Lipinski definition) is 3. The molecular weight excluding hydrogens is 262 g/mol. The highest BCUT2D eigenvalue weighted by atomic mass is 16.5. The first-order valence-electron chi connectivity index (χ1n) is 7.01. The summed E-state index contributed by atoms with van der Waals surface area (Å²) in [4.78, 5) is 0. The van der Waals surface area contributed by atoms with Gasteiger partial charge in [0.1, 0.15) is 18.5 Å². The Balaban J connectivity index is 1.92. The van der Waals surface area contributed by atoms with Crippen LogP contribution in [0.5, 0.6) is 5.75 Å². The standard InChI is InChI=1S/C18H21NO2/c1-3-15(4-2)19-12-16(20)13-21-18-11-7-9-14-8-5-6-10-17(14)18/h3-11,15-16,19-20H,1-2,12-13H2. The zero-order chi connectivity index (χ0) is 15.1. The Morgan fingerprint density at radius 2 is 1.81 bits per heavy atom. The van der Waals surface area contributed by atoms with Gasteiger partial charge in [0, 0.05) is 18.0 Å². The third-order valence-corrected chi connectivity index (χ3v) is 3.28. The topological polar surface area (TPSA) is 41.5 Å². The van der Waals surface area contributed by atoms with Crippen LogP contribution in [-0.4, -0.2) is 30.4 Å². The normalized spacial score (nSPS) is 12.3. The van der Waals surface area contributed by atoms with Gasteiger partial charge in [0.15, 0.2) is 0 Å². The largest absolute Gasteiger partial charge is 0.490 e. The van der Waals surface area contributed by atoms with Crippen LogP contribution in [-0.2, 0) is 0 Å². The van der Waals surface area contributed by atoms with Gasteiger partial charge in [-0.05, 0) is 11.5 Å². The Morgan fingerprint density at radius 3 is 2.57 bits per heavy atom. The molecule has 110 valence electrons. The van der Waals surface area contributed by atoms with Crippen LogP contribution in [0.15, 0.2) is 67.8 Å². The molecule has 3 heteroatoms. The lowest BCUT2D eigenvalue weighted by Crippen LogP contribution is -2.36. The fraction of sp³-hybridized carbons (Fsp3) is 0.222. The van der Waals surface area contributed by atoms with Gasteiger partial charge in [-0.1, -0.05) is 48.6 Å². The number of rotatable bonds is 8. The number of aliphatic hydroxyl groups excluding tert-OH is 1. The molecule has 1 atom stereocenters. The maximum absolute atomic E-state index is 9.97. The van der Waals surface area contributed by atoms with Crippen LogP contribution in [0, 0.1) is 0 Å². The summed E-state index contributed by atoms with van der Waals surface area (Å²) in [5, 5.41) is 15.3. The van der Waals surface area contributed by atoms with Crippen LogP contribution in [0.1, 0.15) is 0 Å². The first kappa shape index (κ1) is 15.3. The van der Waals surface area contributed by atoms with Crippen LogP contribution >= 0.6 is 0 Å². The summed E-state index contributed by atoms with van der Waals surface area (Å²) in [6, 6.07) is 13.9. The molecule has 0 radical (unpaired) electrons. The second-order valence-electron chi connectivity index (χ2n) is 4.85. The van der Waals surface area contributed by atoms with Gasteiger partial charge in [-0.2, -0.15) is 0 Å². The molecule has 0 aliphatic rings. The van der Waals surface area contributed by atoms with Crippen LogP contribution in [0.2, 0.25) is 0 Å². The number of benzene rings is 2. The molecule has 0 saturated carbocycles. The molecule has 1 unspecified atom stereocenters. The lowest BCUT2D eigenvalue weighted by atomic mass is 10.1. The van der Waals surface area contributed by atoms with Gasteiger partial charge in [0.2, 0.25) is 0 Å². The van der Waals surface area contributed by atoms with Crippen molar-refractivity contribution in [2.24, 2.45) is 0 Å². The van der Waals surface area contributed by atoms with Crippen molar-refractivity contribution in [3.8, 4) is 5.75 Å². The van der Waals surface area contributed by atoms with Crippen molar-refractivity contribution < 1.29 is 9.84 Å². The molecule has 0 fully saturated rings. The fourth-order valence-corrected chi connectivity index (χ4v) is 2.10. The molecule has 0 aliphatic carbocycles. The van der Waals surface area contributed by atoms with Crippen LogP contribution < -0.4 is 10.1 Å². The van der Waals surface area contributed by atoms with E-state index in [4.69, 9.17) is 4.74 Å². The van der Waals surface area contributed by atoms with Crippen molar-refractivity contribution in [1.29, 1.82) is 0 Å². The predicted molar refractivity (Wildman–Crippen MR) is 87.6 cm³/mol.